The molecule has 0 N–H and O–H groups in total. The Balaban J connectivity index is 2.49. The molecule has 0 aromatic rings. The first-order valence-corrected chi connectivity index (χ1v) is 8.91. The zero-order valence-electron chi connectivity index (χ0n) is 4.12. The fourth-order valence-electron chi connectivity index (χ4n) is 0.265. The Bertz CT molecular complexity index is 36.5. The number of unbranched alkanes of at least 4 members (excludes halogenated alkanes) is 1. The molecule has 0 atom stereocenters. The molecule has 0 aliphatic heterocycles. The molecule has 0 bridgehead atoms. The van der Waals surface area contributed by atoms with Crippen molar-refractivity contribution in [1.82, 2.24) is 0 Å². The molecule has 2 heteroatoms. The summed E-state index contributed by atoms with van der Waals surface area (Å²) >= 11 is 1.43. The molecular formula is C4H9HfSi+2. The number of hydrogen-bond acceptors (Lipinski definition) is 0. The summed E-state index contributed by atoms with van der Waals surface area (Å²) in [6.07, 6.45) is 4.15. The van der Waals surface area contributed by atoms with Gasteiger partial charge in [0.05, 0.1) is 0 Å². The van der Waals surface area contributed by atoms with E-state index < -0.39 is 0 Å². The maximum atomic E-state index is 2.25. The predicted octanol–water partition coefficient (Wildman–Crippen LogP) is 1.37. The molecule has 0 rings (SSSR count). The fourth-order valence-corrected chi connectivity index (χ4v) is 2.70. The first-order chi connectivity index (χ1) is 2.91. The molecule has 0 aromatic heterocycles. The minimum atomic E-state index is 1.30. The Labute approximate surface area is 55.0 Å². The van der Waals surface area contributed by atoms with Gasteiger partial charge in [-0.3, -0.25) is 0 Å². The molecule has 1 radical (unpaired) electrons. The van der Waals surface area contributed by atoms with Gasteiger partial charge in [-0.2, -0.15) is 0 Å². The zero-order valence-corrected chi connectivity index (χ0v) is 8.71. The standard InChI is InChI=1S/C4H9Si.Hf/c1-2-3-4-5;/h2-4H2,1H3;/q;+2. The molecule has 0 amide bonds. The van der Waals surface area contributed by atoms with E-state index in [1.807, 2.05) is 0 Å². The zero-order chi connectivity index (χ0) is 4.83. The number of hydrogen-bond donors (Lipinski definition) is 0. The SMILES string of the molecule is CCCC[Si]=[Hf+2]. The van der Waals surface area contributed by atoms with Gasteiger partial charge in [0.1, 0.15) is 0 Å². The van der Waals surface area contributed by atoms with Gasteiger partial charge < -0.3 is 0 Å². The van der Waals surface area contributed by atoms with Crippen LogP contribution in [-0.2, 0) is 23.0 Å². The third kappa shape index (κ3) is 5.09. The Morgan fingerprint density at radius 2 is 2.33 bits per heavy atom. The average Bonchev–Trinajstić information content (AvgIpc) is 1.61. The van der Waals surface area contributed by atoms with Crippen molar-refractivity contribution < 1.29 is 23.0 Å². The monoisotopic (exact) mass is 265 g/mol. The van der Waals surface area contributed by atoms with E-state index in [1.165, 1.54) is 48.1 Å². The van der Waals surface area contributed by atoms with E-state index in [0.717, 1.165) is 0 Å². The van der Waals surface area contributed by atoms with Gasteiger partial charge in [0.2, 0.25) is 0 Å². The first kappa shape index (κ1) is 7.09. The van der Waals surface area contributed by atoms with E-state index >= 15 is 0 Å². The van der Waals surface area contributed by atoms with Gasteiger partial charge >= 0.3 is 55.0 Å². The topological polar surface area (TPSA) is 0 Å². The van der Waals surface area contributed by atoms with Crippen LogP contribution in [0.1, 0.15) is 19.8 Å². The second-order valence-electron chi connectivity index (χ2n) is 1.28. The second kappa shape index (κ2) is 6.09. The van der Waals surface area contributed by atoms with Crippen LogP contribution in [0.15, 0.2) is 0 Å². The summed E-state index contributed by atoms with van der Waals surface area (Å²) in [4.78, 5) is 0. The summed E-state index contributed by atoms with van der Waals surface area (Å²) in [6.45, 7) is 2.25. The van der Waals surface area contributed by atoms with Crippen LogP contribution in [0.25, 0.3) is 0 Å². The second-order valence-corrected chi connectivity index (χ2v) is 5.94. The van der Waals surface area contributed by atoms with E-state index in [1.54, 1.807) is 0 Å². The van der Waals surface area contributed by atoms with Crippen molar-refractivity contribution >= 4 is 6.22 Å². The van der Waals surface area contributed by atoms with Gasteiger partial charge in [-0.15, -0.1) is 0 Å². The Morgan fingerprint density at radius 3 is 2.50 bits per heavy atom. The Hall–Kier alpha value is 1.09. The molecule has 0 aliphatic rings. The van der Waals surface area contributed by atoms with E-state index in [2.05, 4.69) is 6.92 Å². The van der Waals surface area contributed by atoms with Crippen LogP contribution >= 0.6 is 0 Å². The van der Waals surface area contributed by atoms with Crippen molar-refractivity contribution in [2.75, 3.05) is 0 Å². The van der Waals surface area contributed by atoms with Crippen molar-refractivity contribution in [2.24, 2.45) is 0 Å². The Kier molecular flexibility index (Phi) is 7.19. The van der Waals surface area contributed by atoms with Gasteiger partial charge in [-0.1, -0.05) is 0 Å². The van der Waals surface area contributed by atoms with Crippen LogP contribution in [0.4, 0.5) is 0 Å². The average molecular weight is 264 g/mol. The van der Waals surface area contributed by atoms with Gasteiger partial charge in [-0.05, 0) is 0 Å². The Morgan fingerprint density at radius 1 is 1.67 bits per heavy atom. The predicted molar refractivity (Wildman–Crippen MR) is 25.5 cm³/mol. The van der Waals surface area contributed by atoms with Crippen LogP contribution in [-0.4, -0.2) is 6.22 Å². The summed E-state index contributed by atoms with van der Waals surface area (Å²) in [5.74, 6) is 0. The maximum absolute atomic E-state index is 2.25. The van der Waals surface area contributed by atoms with Crippen LogP contribution in [0, 0.1) is 0 Å². The molecular weight excluding hydrogens is 255 g/mol. The normalized spacial score (nSPS) is 8.50. The molecule has 0 heterocycles. The quantitative estimate of drug-likeness (QED) is 0.533. The van der Waals surface area contributed by atoms with Gasteiger partial charge in [0, 0.05) is 0 Å². The van der Waals surface area contributed by atoms with Crippen LogP contribution in [0.3, 0.4) is 0 Å². The summed E-state index contributed by atoms with van der Waals surface area (Å²) in [7, 11) is 0. The molecule has 0 aromatic carbocycles. The van der Waals surface area contributed by atoms with Crippen LogP contribution in [0.5, 0.6) is 0 Å². The molecule has 0 saturated heterocycles. The minimum absolute atomic E-state index is 1.30. The third-order valence-electron chi connectivity index (χ3n) is 0.655. The van der Waals surface area contributed by atoms with Crippen molar-refractivity contribution in [3.05, 3.63) is 0 Å². The van der Waals surface area contributed by atoms with Crippen molar-refractivity contribution in [3.63, 3.8) is 0 Å². The molecule has 0 saturated carbocycles. The molecule has 0 aliphatic carbocycles. The van der Waals surface area contributed by atoms with Crippen LogP contribution in [0.2, 0.25) is 6.04 Å². The van der Waals surface area contributed by atoms with Crippen LogP contribution < -0.4 is 0 Å². The summed E-state index contributed by atoms with van der Waals surface area (Å²) in [5, 5.41) is 0. The van der Waals surface area contributed by atoms with Crippen molar-refractivity contribution in [2.45, 2.75) is 25.8 Å². The first-order valence-electron chi connectivity index (χ1n) is 2.31. The van der Waals surface area contributed by atoms with Gasteiger partial charge in [0.25, 0.3) is 0 Å². The van der Waals surface area contributed by atoms with E-state index in [4.69, 9.17) is 0 Å². The molecule has 31 valence electrons. The number of rotatable bonds is 3. The van der Waals surface area contributed by atoms with E-state index in [9.17, 15) is 0 Å². The van der Waals surface area contributed by atoms with Crippen molar-refractivity contribution in [3.8, 4) is 0 Å². The van der Waals surface area contributed by atoms with Gasteiger partial charge in [-0.25, -0.2) is 0 Å². The summed E-state index contributed by atoms with van der Waals surface area (Å²) in [5.41, 5.74) is 0. The summed E-state index contributed by atoms with van der Waals surface area (Å²) < 4.78 is 0. The van der Waals surface area contributed by atoms with E-state index in [0.29, 0.717) is 0 Å². The molecule has 0 unspecified atom stereocenters. The summed E-state index contributed by atoms with van der Waals surface area (Å²) in [6, 6.07) is 1.50. The molecule has 0 nitrogen and oxygen atoms in total. The third-order valence-corrected chi connectivity index (χ3v) is 3.95. The van der Waals surface area contributed by atoms with Gasteiger partial charge in [0.15, 0.2) is 0 Å². The fraction of sp³-hybridized carbons (Fsp3) is 1.00. The molecule has 6 heavy (non-hydrogen) atoms. The molecule has 0 spiro atoms. The molecule has 0 fully saturated rings. The van der Waals surface area contributed by atoms with E-state index in [-0.39, 0.29) is 0 Å². The van der Waals surface area contributed by atoms with Crippen molar-refractivity contribution in [1.29, 1.82) is 0 Å².